The van der Waals surface area contributed by atoms with E-state index in [1.807, 2.05) is 0 Å². The van der Waals surface area contributed by atoms with Crippen molar-refractivity contribution < 1.29 is 9.15 Å². The summed E-state index contributed by atoms with van der Waals surface area (Å²) in [6.45, 7) is 0.863. The van der Waals surface area contributed by atoms with Crippen LogP contribution in [0.25, 0.3) is 0 Å². The van der Waals surface area contributed by atoms with E-state index in [-0.39, 0.29) is 0 Å². The summed E-state index contributed by atoms with van der Waals surface area (Å²) in [6, 6.07) is 0. The van der Waals surface area contributed by atoms with Gasteiger partial charge in [-0.15, -0.1) is 0 Å². The molecule has 1 unspecified atom stereocenters. The van der Waals surface area contributed by atoms with E-state index in [4.69, 9.17) is 9.15 Å². The number of epoxide rings is 1. The number of nitrogens with zero attached hydrogens (tertiary/aromatic N) is 1. The average molecular weight is 125 g/mol. The molecule has 1 aromatic heterocycles. The third-order valence-corrected chi connectivity index (χ3v) is 1.29. The Morgan fingerprint density at radius 2 is 2.67 bits per heavy atom. The highest BCUT2D eigenvalue weighted by atomic mass is 16.6. The first kappa shape index (κ1) is 4.99. The summed E-state index contributed by atoms with van der Waals surface area (Å²) >= 11 is 0. The SMILES string of the molecule is c1coc(CC2CO2)n1. The lowest BCUT2D eigenvalue weighted by atomic mass is 10.3. The fourth-order valence-electron chi connectivity index (χ4n) is 0.734. The van der Waals surface area contributed by atoms with Crippen LogP contribution in [0.3, 0.4) is 0 Å². The molecule has 0 N–H and O–H groups in total. The van der Waals surface area contributed by atoms with Gasteiger partial charge in [0.1, 0.15) is 6.26 Å². The fraction of sp³-hybridized carbons (Fsp3) is 0.500. The third-order valence-electron chi connectivity index (χ3n) is 1.29. The summed E-state index contributed by atoms with van der Waals surface area (Å²) in [4.78, 5) is 3.95. The van der Waals surface area contributed by atoms with Crippen LogP contribution in [-0.2, 0) is 11.2 Å². The number of ether oxygens (including phenoxy) is 1. The molecule has 2 heterocycles. The Hall–Kier alpha value is -0.830. The second-order valence-electron chi connectivity index (χ2n) is 2.09. The van der Waals surface area contributed by atoms with Gasteiger partial charge in [-0.2, -0.15) is 0 Å². The first-order chi connectivity index (χ1) is 4.45. The van der Waals surface area contributed by atoms with Crippen LogP contribution in [0.1, 0.15) is 5.89 Å². The normalized spacial score (nSPS) is 24.2. The highest BCUT2D eigenvalue weighted by molar-refractivity contribution is 4.86. The fourth-order valence-corrected chi connectivity index (χ4v) is 0.734. The van der Waals surface area contributed by atoms with Gasteiger partial charge in [0, 0.05) is 0 Å². The van der Waals surface area contributed by atoms with E-state index in [0.29, 0.717) is 6.10 Å². The van der Waals surface area contributed by atoms with Crippen molar-refractivity contribution in [3.05, 3.63) is 18.4 Å². The molecule has 0 bridgehead atoms. The molecule has 2 rings (SSSR count). The maximum atomic E-state index is 4.99. The molecule has 0 saturated carbocycles. The second kappa shape index (κ2) is 1.84. The number of hydrogen-bond donors (Lipinski definition) is 0. The van der Waals surface area contributed by atoms with Gasteiger partial charge in [0.05, 0.1) is 25.3 Å². The number of oxazole rings is 1. The lowest BCUT2D eigenvalue weighted by Crippen LogP contribution is -1.91. The molecule has 3 heteroatoms. The second-order valence-corrected chi connectivity index (χ2v) is 2.09. The van der Waals surface area contributed by atoms with Crippen molar-refractivity contribution in [3.63, 3.8) is 0 Å². The summed E-state index contributed by atoms with van der Waals surface area (Å²) in [7, 11) is 0. The molecular weight excluding hydrogens is 118 g/mol. The summed E-state index contributed by atoms with van der Waals surface area (Å²) in [6.07, 6.45) is 4.44. The van der Waals surface area contributed by atoms with E-state index >= 15 is 0 Å². The minimum Gasteiger partial charge on any atom is -0.449 e. The molecule has 0 radical (unpaired) electrons. The zero-order valence-corrected chi connectivity index (χ0v) is 4.91. The van der Waals surface area contributed by atoms with Crippen molar-refractivity contribution in [2.24, 2.45) is 0 Å². The van der Waals surface area contributed by atoms with Gasteiger partial charge >= 0.3 is 0 Å². The molecule has 48 valence electrons. The van der Waals surface area contributed by atoms with Gasteiger partial charge in [0.15, 0.2) is 5.89 Å². The first-order valence-electron chi connectivity index (χ1n) is 2.95. The molecule has 0 spiro atoms. The van der Waals surface area contributed by atoms with Gasteiger partial charge in [-0.1, -0.05) is 0 Å². The summed E-state index contributed by atoms with van der Waals surface area (Å²) in [5.74, 6) is 0.775. The third kappa shape index (κ3) is 1.10. The molecule has 0 amide bonds. The predicted octanol–water partition coefficient (Wildman–Crippen LogP) is 0.616. The van der Waals surface area contributed by atoms with Gasteiger partial charge in [0.2, 0.25) is 0 Å². The van der Waals surface area contributed by atoms with Crippen LogP contribution in [0, 0.1) is 0 Å². The van der Waals surface area contributed by atoms with E-state index in [9.17, 15) is 0 Å². The largest absolute Gasteiger partial charge is 0.449 e. The monoisotopic (exact) mass is 125 g/mol. The summed E-state index contributed by atoms with van der Waals surface area (Å²) in [5.41, 5.74) is 0. The number of hydrogen-bond acceptors (Lipinski definition) is 3. The molecule has 1 aliphatic heterocycles. The van der Waals surface area contributed by atoms with Gasteiger partial charge in [-0.05, 0) is 0 Å². The van der Waals surface area contributed by atoms with Gasteiger partial charge in [0.25, 0.3) is 0 Å². The lowest BCUT2D eigenvalue weighted by molar-refractivity contribution is 0.384. The van der Waals surface area contributed by atoms with Crippen LogP contribution < -0.4 is 0 Å². The maximum Gasteiger partial charge on any atom is 0.196 e. The van der Waals surface area contributed by atoms with E-state index in [0.717, 1.165) is 18.9 Å². The molecule has 1 aromatic rings. The maximum absolute atomic E-state index is 4.99. The number of aromatic nitrogens is 1. The highest BCUT2D eigenvalue weighted by Gasteiger charge is 2.24. The van der Waals surface area contributed by atoms with Crippen molar-refractivity contribution in [3.8, 4) is 0 Å². The highest BCUT2D eigenvalue weighted by Crippen LogP contribution is 2.13. The Morgan fingerprint density at radius 1 is 1.78 bits per heavy atom. The molecular formula is C6H7NO2. The van der Waals surface area contributed by atoms with E-state index in [2.05, 4.69) is 4.98 Å². The Balaban J connectivity index is 1.99. The first-order valence-corrected chi connectivity index (χ1v) is 2.95. The number of rotatable bonds is 2. The van der Waals surface area contributed by atoms with Gasteiger partial charge in [-0.3, -0.25) is 0 Å². The van der Waals surface area contributed by atoms with E-state index in [1.165, 1.54) is 0 Å². The molecule has 3 nitrogen and oxygen atoms in total. The Labute approximate surface area is 52.6 Å². The minimum atomic E-state index is 0.378. The van der Waals surface area contributed by atoms with Crippen LogP contribution in [0.15, 0.2) is 16.9 Å². The zero-order valence-electron chi connectivity index (χ0n) is 4.91. The van der Waals surface area contributed by atoms with Gasteiger partial charge in [-0.25, -0.2) is 4.98 Å². The molecule has 1 aliphatic rings. The Bertz CT molecular complexity index is 179. The smallest absolute Gasteiger partial charge is 0.196 e. The van der Waals surface area contributed by atoms with Gasteiger partial charge < -0.3 is 9.15 Å². The Morgan fingerprint density at radius 3 is 3.22 bits per heavy atom. The predicted molar refractivity (Wildman–Crippen MR) is 29.9 cm³/mol. The molecule has 1 atom stereocenters. The van der Waals surface area contributed by atoms with Crippen molar-refractivity contribution >= 4 is 0 Å². The van der Waals surface area contributed by atoms with Crippen LogP contribution in [-0.4, -0.2) is 17.7 Å². The van der Waals surface area contributed by atoms with Crippen molar-refractivity contribution in [1.82, 2.24) is 4.98 Å². The average Bonchev–Trinajstić information content (AvgIpc) is 2.46. The molecule has 9 heavy (non-hydrogen) atoms. The molecule has 1 fully saturated rings. The van der Waals surface area contributed by atoms with Crippen molar-refractivity contribution in [1.29, 1.82) is 0 Å². The zero-order chi connectivity index (χ0) is 6.10. The molecule has 0 aliphatic carbocycles. The minimum absolute atomic E-state index is 0.378. The standard InChI is InChI=1S/C6H7NO2/c1-2-8-6(7-1)3-5-4-9-5/h1-2,5H,3-4H2. The van der Waals surface area contributed by atoms with Crippen LogP contribution in [0.2, 0.25) is 0 Å². The molecule has 1 saturated heterocycles. The van der Waals surface area contributed by atoms with E-state index < -0.39 is 0 Å². The summed E-state index contributed by atoms with van der Waals surface area (Å²) < 4.78 is 9.98. The topological polar surface area (TPSA) is 38.6 Å². The molecule has 0 aromatic carbocycles. The van der Waals surface area contributed by atoms with Crippen LogP contribution in [0.4, 0.5) is 0 Å². The summed E-state index contributed by atoms with van der Waals surface area (Å²) in [5, 5.41) is 0. The lowest BCUT2D eigenvalue weighted by Gasteiger charge is -1.84. The van der Waals surface area contributed by atoms with Crippen LogP contribution in [0.5, 0.6) is 0 Å². The van der Waals surface area contributed by atoms with Crippen LogP contribution >= 0.6 is 0 Å². The van der Waals surface area contributed by atoms with Crippen molar-refractivity contribution in [2.75, 3.05) is 6.61 Å². The van der Waals surface area contributed by atoms with E-state index in [1.54, 1.807) is 12.5 Å². The van der Waals surface area contributed by atoms with Crippen molar-refractivity contribution in [2.45, 2.75) is 12.5 Å². The quantitative estimate of drug-likeness (QED) is 0.544. The Kier molecular flexibility index (Phi) is 1.02.